The molecular weight excluding hydrogens is 332 g/mol. The number of nitrogens with zero attached hydrogens (tertiary/aromatic N) is 4. The molecule has 6 nitrogen and oxygen atoms in total. The van der Waals surface area contributed by atoms with Crippen molar-refractivity contribution in [1.29, 1.82) is 0 Å². The van der Waals surface area contributed by atoms with Gasteiger partial charge in [0.2, 0.25) is 0 Å². The summed E-state index contributed by atoms with van der Waals surface area (Å²) in [5.41, 5.74) is 0. The summed E-state index contributed by atoms with van der Waals surface area (Å²) >= 11 is 6.96. The summed E-state index contributed by atoms with van der Waals surface area (Å²) in [6.45, 7) is 0.495. The van der Waals surface area contributed by atoms with Crippen LogP contribution in [0.5, 0.6) is 0 Å². The van der Waals surface area contributed by atoms with Crippen molar-refractivity contribution in [2.45, 2.75) is 29.5 Å². The molecule has 1 aliphatic rings. The Bertz CT molecular complexity index is 740. The number of rotatable bonds is 3. The van der Waals surface area contributed by atoms with Crippen LogP contribution in [0, 0.1) is 0 Å². The van der Waals surface area contributed by atoms with Gasteiger partial charge in [-0.25, -0.2) is 8.42 Å². The summed E-state index contributed by atoms with van der Waals surface area (Å²) in [4.78, 5) is 0. The maximum absolute atomic E-state index is 12.8. The summed E-state index contributed by atoms with van der Waals surface area (Å²) in [7, 11) is -1.72. The highest BCUT2D eigenvalue weighted by atomic mass is 35.5. The van der Waals surface area contributed by atoms with Crippen LogP contribution in [0.4, 0.5) is 0 Å². The molecule has 0 spiro atoms. The molecule has 2 aromatic heterocycles. The highest BCUT2D eigenvalue weighted by Gasteiger charge is 2.37. The molecule has 1 aliphatic heterocycles. The van der Waals surface area contributed by atoms with Crippen molar-refractivity contribution in [2.75, 3.05) is 6.54 Å². The fraction of sp³-hybridized carbons (Fsp3) is 0.500. The second kappa shape index (κ2) is 5.68. The minimum atomic E-state index is -3.55. The predicted octanol–water partition coefficient (Wildman–Crippen LogP) is 2.45. The molecule has 0 aliphatic carbocycles. The van der Waals surface area contributed by atoms with Crippen molar-refractivity contribution in [3.63, 3.8) is 0 Å². The third-order valence-electron chi connectivity index (χ3n) is 3.61. The Balaban J connectivity index is 2.00. The van der Waals surface area contributed by atoms with Gasteiger partial charge in [-0.2, -0.15) is 4.31 Å². The lowest BCUT2D eigenvalue weighted by atomic mass is 10.0. The third kappa shape index (κ3) is 2.73. The quantitative estimate of drug-likeness (QED) is 0.856. The number of sulfonamides is 1. The molecule has 3 rings (SSSR count). The van der Waals surface area contributed by atoms with Gasteiger partial charge in [-0.1, -0.05) is 18.0 Å². The molecule has 114 valence electrons. The Kier molecular flexibility index (Phi) is 4.04. The van der Waals surface area contributed by atoms with Crippen LogP contribution in [0.1, 0.15) is 31.1 Å². The van der Waals surface area contributed by atoms with E-state index in [4.69, 9.17) is 11.6 Å². The van der Waals surface area contributed by atoms with Gasteiger partial charge in [0, 0.05) is 13.6 Å². The van der Waals surface area contributed by atoms with E-state index in [1.807, 2.05) is 7.05 Å². The predicted molar refractivity (Wildman–Crippen MR) is 80.8 cm³/mol. The smallest absolute Gasteiger partial charge is 0.253 e. The second-order valence-electron chi connectivity index (χ2n) is 4.99. The molecule has 0 N–H and O–H groups in total. The Labute approximate surface area is 132 Å². The van der Waals surface area contributed by atoms with E-state index in [0.717, 1.165) is 30.6 Å². The van der Waals surface area contributed by atoms with Gasteiger partial charge in [-0.15, -0.1) is 21.5 Å². The number of aromatic nitrogens is 3. The first kappa shape index (κ1) is 15.0. The van der Waals surface area contributed by atoms with Crippen LogP contribution in [-0.4, -0.2) is 34.0 Å². The van der Waals surface area contributed by atoms with Gasteiger partial charge in [0.05, 0.1) is 10.4 Å². The molecule has 0 radical (unpaired) electrons. The number of thiophene rings is 1. The number of hydrogen-bond donors (Lipinski definition) is 0. The SMILES string of the molecule is Cn1cnnc1[C@@H]1CCCCN1S(=O)(=O)c1ccc(Cl)s1. The number of piperidine rings is 1. The van der Waals surface area contributed by atoms with Gasteiger partial charge in [0.25, 0.3) is 10.0 Å². The molecule has 9 heteroatoms. The normalized spacial score (nSPS) is 20.8. The lowest BCUT2D eigenvalue weighted by Gasteiger charge is -2.33. The molecule has 0 aromatic carbocycles. The molecule has 0 bridgehead atoms. The Morgan fingerprint density at radius 1 is 1.38 bits per heavy atom. The van der Waals surface area contributed by atoms with Crippen molar-refractivity contribution >= 4 is 33.0 Å². The zero-order chi connectivity index (χ0) is 15.0. The summed E-state index contributed by atoms with van der Waals surface area (Å²) in [6, 6.07) is 2.91. The number of hydrogen-bond acceptors (Lipinski definition) is 5. The van der Waals surface area contributed by atoms with Crippen LogP contribution in [0.25, 0.3) is 0 Å². The lowest BCUT2D eigenvalue weighted by molar-refractivity contribution is 0.243. The average molecular weight is 347 g/mol. The number of aryl methyl sites for hydroxylation is 1. The first-order chi connectivity index (χ1) is 10.00. The third-order valence-corrected chi connectivity index (χ3v) is 7.22. The van der Waals surface area contributed by atoms with Crippen LogP contribution >= 0.6 is 22.9 Å². The second-order valence-corrected chi connectivity index (χ2v) is 8.82. The average Bonchev–Trinajstić information content (AvgIpc) is 3.08. The highest BCUT2D eigenvalue weighted by Crippen LogP contribution is 2.36. The van der Waals surface area contributed by atoms with E-state index >= 15 is 0 Å². The van der Waals surface area contributed by atoms with Gasteiger partial charge in [-0.05, 0) is 25.0 Å². The Morgan fingerprint density at radius 3 is 2.81 bits per heavy atom. The zero-order valence-corrected chi connectivity index (χ0v) is 13.8. The van der Waals surface area contributed by atoms with E-state index in [1.165, 1.54) is 4.31 Å². The van der Waals surface area contributed by atoms with Crippen LogP contribution in [0.2, 0.25) is 4.34 Å². The zero-order valence-electron chi connectivity index (χ0n) is 11.4. The van der Waals surface area contributed by atoms with Crippen molar-refractivity contribution in [3.8, 4) is 0 Å². The van der Waals surface area contributed by atoms with E-state index in [1.54, 1.807) is 23.0 Å². The topological polar surface area (TPSA) is 68.1 Å². The summed E-state index contributed by atoms with van der Waals surface area (Å²) in [6.07, 6.45) is 4.18. The van der Waals surface area contributed by atoms with Crippen molar-refractivity contribution in [2.24, 2.45) is 7.05 Å². The highest BCUT2D eigenvalue weighted by molar-refractivity contribution is 7.91. The van der Waals surface area contributed by atoms with Crippen molar-refractivity contribution in [1.82, 2.24) is 19.1 Å². The van der Waals surface area contributed by atoms with E-state index < -0.39 is 10.0 Å². The van der Waals surface area contributed by atoms with Crippen LogP contribution in [0.15, 0.2) is 22.7 Å². The minimum Gasteiger partial charge on any atom is -0.319 e. The first-order valence-corrected chi connectivity index (χ1v) is 9.24. The van der Waals surface area contributed by atoms with Crippen LogP contribution in [-0.2, 0) is 17.1 Å². The number of halogens is 1. The Hall–Kier alpha value is -0.960. The molecule has 0 unspecified atom stereocenters. The van der Waals surface area contributed by atoms with E-state index in [0.29, 0.717) is 16.7 Å². The summed E-state index contributed by atoms with van der Waals surface area (Å²) < 4.78 is 29.7. The van der Waals surface area contributed by atoms with E-state index in [-0.39, 0.29) is 10.3 Å². The molecule has 0 saturated carbocycles. The molecule has 1 atom stereocenters. The van der Waals surface area contributed by atoms with Gasteiger partial charge in [0.15, 0.2) is 5.82 Å². The maximum Gasteiger partial charge on any atom is 0.253 e. The molecule has 1 fully saturated rings. The van der Waals surface area contributed by atoms with Gasteiger partial charge in [-0.3, -0.25) is 0 Å². The largest absolute Gasteiger partial charge is 0.319 e. The van der Waals surface area contributed by atoms with E-state index in [2.05, 4.69) is 10.2 Å². The van der Waals surface area contributed by atoms with Crippen molar-refractivity contribution < 1.29 is 8.42 Å². The maximum atomic E-state index is 12.8. The first-order valence-electron chi connectivity index (χ1n) is 6.61. The van der Waals surface area contributed by atoms with E-state index in [9.17, 15) is 8.42 Å². The van der Waals surface area contributed by atoms with Gasteiger partial charge in [0.1, 0.15) is 10.5 Å². The molecule has 1 saturated heterocycles. The van der Waals surface area contributed by atoms with Gasteiger partial charge < -0.3 is 4.57 Å². The molecule has 0 amide bonds. The van der Waals surface area contributed by atoms with Crippen LogP contribution < -0.4 is 0 Å². The molecule has 3 heterocycles. The standard InChI is InChI=1S/C12H15ClN4O2S2/c1-16-8-14-15-12(16)9-4-2-3-7-17(9)21(18,19)11-6-5-10(13)20-11/h5-6,8-9H,2-4,7H2,1H3/t9-/m0/s1. The van der Waals surface area contributed by atoms with Crippen LogP contribution in [0.3, 0.4) is 0 Å². The fourth-order valence-corrected chi connectivity index (χ4v) is 5.86. The fourth-order valence-electron chi connectivity index (χ4n) is 2.60. The van der Waals surface area contributed by atoms with Crippen molar-refractivity contribution in [3.05, 3.63) is 28.6 Å². The molecular formula is C12H15ClN4O2S2. The molecule has 21 heavy (non-hydrogen) atoms. The Morgan fingerprint density at radius 2 is 2.19 bits per heavy atom. The van der Waals surface area contributed by atoms with Gasteiger partial charge >= 0.3 is 0 Å². The minimum absolute atomic E-state index is 0.267. The summed E-state index contributed by atoms with van der Waals surface area (Å²) in [5, 5.41) is 7.95. The summed E-state index contributed by atoms with van der Waals surface area (Å²) in [5.74, 6) is 0.681. The monoisotopic (exact) mass is 346 g/mol. The molecule has 2 aromatic rings. The lowest BCUT2D eigenvalue weighted by Crippen LogP contribution is -2.39.